The highest BCUT2D eigenvalue weighted by atomic mass is 35.5. The van der Waals surface area contributed by atoms with Crippen LogP contribution in [0, 0.1) is 12.8 Å². The molecule has 3 aromatic rings. The molecule has 2 aromatic carbocycles. The quantitative estimate of drug-likeness (QED) is 0.440. The van der Waals surface area contributed by atoms with Gasteiger partial charge in [0.2, 0.25) is 11.1 Å². The number of benzene rings is 2. The number of nitrogen functional groups attached to an aromatic ring is 1. The topological polar surface area (TPSA) is 85.8 Å². The Kier molecular flexibility index (Phi) is 5.78. The summed E-state index contributed by atoms with van der Waals surface area (Å²) < 4.78 is 1.40. The van der Waals surface area contributed by atoms with Gasteiger partial charge in [-0.15, -0.1) is 10.2 Å². The summed E-state index contributed by atoms with van der Waals surface area (Å²) in [6, 6.07) is 15.6. The standard InChI is InChI=1S/C21H22ClN5OS/c1-13-2-4-14(5-3-13)19(15-6-7-15)24-18(28)12-29-21-26-25-20(27(21)23)16-8-10-17(22)11-9-16/h2-5,8-11,15,19H,6-7,12,23H2,1H3,(H,24,28). The van der Waals surface area contributed by atoms with E-state index in [4.69, 9.17) is 17.4 Å². The van der Waals surface area contributed by atoms with Crippen molar-refractivity contribution in [1.82, 2.24) is 20.2 Å². The van der Waals surface area contributed by atoms with Crippen molar-refractivity contribution in [2.75, 3.05) is 11.6 Å². The monoisotopic (exact) mass is 427 g/mol. The number of amides is 1. The van der Waals surface area contributed by atoms with Crippen LogP contribution in [0.4, 0.5) is 0 Å². The molecule has 0 aliphatic heterocycles. The van der Waals surface area contributed by atoms with Gasteiger partial charge in [0.25, 0.3) is 0 Å². The van der Waals surface area contributed by atoms with E-state index in [0.717, 1.165) is 24.0 Å². The molecular formula is C21H22ClN5OS. The van der Waals surface area contributed by atoms with Crippen molar-refractivity contribution in [3.8, 4) is 11.4 Å². The third-order valence-corrected chi connectivity index (χ3v) is 6.14. The first-order valence-electron chi connectivity index (χ1n) is 9.46. The molecule has 1 amide bonds. The molecule has 1 fully saturated rings. The minimum Gasteiger partial charge on any atom is -0.348 e. The van der Waals surface area contributed by atoms with Gasteiger partial charge < -0.3 is 11.2 Å². The van der Waals surface area contributed by atoms with E-state index in [-0.39, 0.29) is 17.7 Å². The Morgan fingerprint density at radius 2 is 1.90 bits per heavy atom. The summed E-state index contributed by atoms with van der Waals surface area (Å²) in [6.07, 6.45) is 2.29. The number of carbonyl (C=O) groups is 1. The number of carbonyl (C=O) groups excluding carboxylic acids is 1. The summed E-state index contributed by atoms with van der Waals surface area (Å²) in [5, 5.41) is 12.6. The number of thioether (sulfide) groups is 1. The lowest BCUT2D eigenvalue weighted by Crippen LogP contribution is -2.31. The second-order valence-corrected chi connectivity index (χ2v) is 8.64. The minimum absolute atomic E-state index is 0.0384. The second-order valence-electron chi connectivity index (χ2n) is 7.27. The Morgan fingerprint density at radius 1 is 1.21 bits per heavy atom. The lowest BCUT2D eigenvalue weighted by Gasteiger charge is -2.19. The summed E-state index contributed by atoms with van der Waals surface area (Å²) >= 11 is 7.20. The predicted molar refractivity (Wildman–Crippen MR) is 116 cm³/mol. The highest BCUT2D eigenvalue weighted by Crippen LogP contribution is 2.41. The molecule has 1 aliphatic rings. The van der Waals surface area contributed by atoms with Crippen LogP contribution in [-0.2, 0) is 4.79 Å². The molecule has 4 rings (SSSR count). The first kappa shape index (κ1) is 19.8. The molecule has 0 bridgehead atoms. The maximum absolute atomic E-state index is 12.6. The molecule has 0 radical (unpaired) electrons. The van der Waals surface area contributed by atoms with E-state index >= 15 is 0 Å². The van der Waals surface area contributed by atoms with Gasteiger partial charge in [-0.25, -0.2) is 4.68 Å². The number of rotatable bonds is 7. The van der Waals surface area contributed by atoms with Gasteiger partial charge in [-0.2, -0.15) is 0 Å². The number of nitrogens with one attached hydrogen (secondary N) is 1. The van der Waals surface area contributed by atoms with E-state index < -0.39 is 0 Å². The fourth-order valence-electron chi connectivity index (χ4n) is 3.19. The Labute approximate surface area is 178 Å². The fraction of sp³-hybridized carbons (Fsp3) is 0.286. The molecule has 150 valence electrons. The van der Waals surface area contributed by atoms with Crippen molar-refractivity contribution in [2.24, 2.45) is 5.92 Å². The summed E-state index contributed by atoms with van der Waals surface area (Å²) in [7, 11) is 0. The second kappa shape index (κ2) is 8.47. The smallest absolute Gasteiger partial charge is 0.230 e. The summed E-state index contributed by atoms with van der Waals surface area (Å²) in [5.41, 5.74) is 3.18. The summed E-state index contributed by atoms with van der Waals surface area (Å²) in [4.78, 5) is 12.6. The van der Waals surface area contributed by atoms with Crippen LogP contribution in [0.25, 0.3) is 11.4 Å². The number of hydrogen-bond acceptors (Lipinski definition) is 5. The average molecular weight is 428 g/mol. The first-order chi connectivity index (χ1) is 14.0. The normalized spacial score (nSPS) is 14.6. The van der Waals surface area contributed by atoms with E-state index in [9.17, 15) is 4.79 Å². The van der Waals surface area contributed by atoms with Crippen LogP contribution in [0.5, 0.6) is 0 Å². The maximum Gasteiger partial charge on any atom is 0.230 e. The summed E-state index contributed by atoms with van der Waals surface area (Å²) in [5.74, 6) is 7.36. The Hall–Kier alpha value is -2.51. The van der Waals surface area contributed by atoms with Crippen LogP contribution in [0.2, 0.25) is 5.02 Å². The zero-order valence-electron chi connectivity index (χ0n) is 16.0. The number of nitrogens with zero attached hydrogens (tertiary/aromatic N) is 3. The molecule has 1 unspecified atom stereocenters. The predicted octanol–water partition coefficient (Wildman–Crippen LogP) is 3.98. The van der Waals surface area contributed by atoms with Crippen LogP contribution in [-0.4, -0.2) is 26.5 Å². The molecule has 29 heavy (non-hydrogen) atoms. The van der Waals surface area contributed by atoms with Crippen molar-refractivity contribution in [3.63, 3.8) is 0 Å². The van der Waals surface area contributed by atoms with Gasteiger partial charge in [-0.05, 0) is 55.5 Å². The number of halogens is 1. The van der Waals surface area contributed by atoms with E-state index in [1.807, 2.05) is 12.1 Å². The minimum atomic E-state index is -0.0384. The number of nitrogens with two attached hydrogens (primary N) is 1. The molecule has 8 heteroatoms. The third kappa shape index (κ3) is 4.74. The summed E-state index contributed by atoms with van der Waals surface area (Å²) in [6.45, 7) is 2.06. The van der Waals surface area contributed by atoms with E-state index in [2.05, 4.69) is 46.7 Å². The van der Waals surface area contributed by atoms with Gasteiger partial charge in [-0.1, -0.05) is 53.2 Å². The van der Waals surface area contributed by atoms with Crippen LogP contribution in [0.1, 0.15) is 30.0 Å². The van der Waals surface area contributed by atoms with Gasteiger partial charge in [0.1, 0.15) is 0 Å². The van der Waals surface area contributed by atoms with Crippen molar-refractivity contribution in [2.45, 2.75) is 31.0 Å². The Morgan fingerprint density at radius 3 is 2.55 bits per heavy atom. The zero-order valence-corrected chi connectivity index (χ0v) is 17.6. The molecule has 1 atom stereocenters. The van der Waals surface area contributed by atoms with Crippen molar-refractivity contribution in [3.05, 3.63) is 64.7 Å². The van der Waals surface area contributed by atoms with Crippen molar-refractivity contribution >= 4 is 29.3 Å². The zero-order chi connectivity index (χ0) is 20.4. The molecular weight excluding hydrogens is 406 g/mol. The molecule has 1 saturated carbocycles. The molecule has 0 spiro atoms. The van der Waals surface area contributed by atoms with Crippen molar-refractivity contribution < 1.29 is 4.79 Å². The van der Waals surface area contributed by atoms with E-state index in [0.29, 0.717) is 21.9 Å². The van der Waals surface area contributed by atoms with Gasteiger partial charge in [0.05, 0.1) is 11.8 Å². The van der Waals surface area contributed by atoms with Gasteiger partial charge >= 0.3 is 0 Å². The molecule has 3 N–H and O–H groups in total. The highest BCUT2D eigenvalue weighted by Gasteiger charge is 2.33. The number of aromatic nitrogens is 3. The fourth-order valence-corrected chi connectivity index (χ4v) is 3.99. The number of aryl methyl sites for hydroxylation is 1. The van der Waals surface area contributed by atoms with Gasteiger partial charge in [-0.3, -0.25) is 4.79 Å². The van der Waals surface area contributed by atoms with Crippen LogP contribution >= 0.6 is 23.4 Å². The molecule has 1 heterocycles. The Bertz CT molecular complexity index is 999. The lowest BCUT2D eigenvalue weighted by molar-refractivity contribution is -0.119. The Balaban J connectivity index is 1.39. The first-order valence-corrected chi connectivity index (χ1v) is 10.8. The SMILES string of the molecule is Cc1ccc(C(NC(=O)CSc2nnc(-c3ccc(Cl)cc3)n2N)C2CC2)cc1. The van der Waals surface area contributed by atoms with E-state index in [1.165, 1.54) is 22.0 Å². The molecule has 0 saturated heterocycles. The average Bonchev–Trinajstić information content (AvgIpc) is 3.49. The highest BCUT2D eigenvalue weighted by molar-refractivity contribution is 7.99. The molecule has 1 aromatic heterocycles. The van der Waals surface area contributed by atoms with Gasteiger partial charge in [0, 0.05) is 10.6 Å². The lowest BCUT2D eigenvalue weighted by atomic mass is 10.0. The molecule has 1 aliphatic carbocycles. The largest absolute Gasteiger partial charge is 0.348 e. The molecule has 6 nitrogen and oxygen atoms in total. The number of hydrogen-bond donors (Lipinski definition) is 2. The maximum atomic E-state index is 12.6. The van der Waals surface area contributed by atoms with E-state index in [1.54, 1.807) is 12.1 Å². The van der Waals surface area contributed by atoms with Crippen molar-refractivity contribution in [1.29, 1.82) is 0 Å². The van der Waals surface area contributed by atoms with Crippen LogP contribution in [0.3, 0.4) is 0 Å². The van der Waals surface area contributed by atoms with Crippen LogP contribution < -0.4 is 11.2 Å². The third-order valence-electron chi connectivity index (χ3n) is 4.95. The van der Waals surface area contributed by atoms with Crippen LogP contribution in [0.15, 0.2) is 53.7 Å². The van der Waals surface area contributed by atoms with Gasteiger partial charge in [0.15, 0.2) is 5.82 Å².